The lowest BCUT2D eigenvalue weighted by atomic mass is 10.1. The Hall–Kier alpha value is -1.89. The van der Waals surface area contributed by atoms with Crippen molar-refractivity contribution in [2.45, 2.75) is 19.3 Å². The monoisotopic (exact) mass is 413 g/mol. The molecule has 1 aromatic carbocycles. The first kappa shape index (κ1) is 20.4. The van der Waals surface area contributed by atoms with Crippen LogP contribution in [0.1, 0.15) is 28.1 Å². The number of thiophene rings is 1. The first-order valence-corrected chi connectivity index (χ1v) is 9.46. The van der Waals surface area contributed by atoms with Crippen LogP contribution in [-0.4, -0.2) is 30.8 Å². The number of benzene rings is 1. The van der Waals surface area contributed by atoms with Gasteiger partial charge in [-0.3, -0.25) is 14.4 Å². The van der Waals surface area contributed by atoms with E-state index in [2.05, 4.69) is 5.32 Å². The van der Waals surface area contributed by atoms with E-state index >= 15 is 0 Å². The molecule has 0 saturated heterocycles. The zero-order valence-corrected chi connectivity index (χ0v) is 16.1. The molecule has 0 bridgehead atoms. The Bertz CT molecular complexity index is 774. The maximum absolute atomic E-state index is 11.9. The third kappa shape index (κ3) is 7.15. The summed E-state index contributed by atoms with van der Waals surface area (Å²) in [5.41, 5.74) is 1.04. The van der Waals surface area contributed by atoms with E-state index in [9.17, 15) is 14.4 Å². The highest BCUT2D eigenvalue weighted by molar-refractivity contribution is 7.18. The minimum atomic E-state index is -0.589. The van der Waals surface area contributed by atoms with Gasteiger partial charge in [0.15, 0.2) is 12.4 Å². The second-order valence-electron chi connectivity index (χ2n) is 5.41. The number of Topliss-reactive ketones (excluding diaryl/α,β-unsaturated/α-hetero) is 1. The average molecular weight is 414 g/mol. The highest BCUT2D eigenvalue weighted by Crippen LogP contribution is 2.22. The number of carbonyl (C=O) groups is 3. The van der Waals surface area contributed by atoms with Crippen molar-refractivity contribution in [1.82, 2.24) is 5.32 Å². The number of ketones is 1. The smallest absolute Gasteiger partial charge is 0.306 e. The lowest BCUT2D eigenvalue weighted by molar-refractivity contribution is -0.148. The van der Waals surface area contributed by atoms with Crippen molar-refractivity contribution in [2.75, 3.05) is 13.2 Å². The molecule has 0 unspecified atom stereocenters. The fourth-order valence-electron chi connectivity index (χ4n) is 2.07. The van der Waals surface area contributed by atoms with Crippen LogP contribution >= 0.6 is 34.5 Å². The van der Waals surface area contributed by atoms with Gasteiger partial charge in [-0.2, -0.15) is 0 Å². The molecular weight excluding hydrogens is 397 g/mol. The molecule has 0 spiro atoms. The van der Waals surface area contributed by atoms with E-state index < -0.39 is 5.97 Å². The third-order valence-electron chi connectivity index (χ3n) is 3.42. The van der Waals surface area contributed by atoms with Crippen molar-refractivity contribution in [2.24, 2.45) is 0 Å². The molecular formula is C18H17Cl2NO4S. The Morgan fingerprint density at radius 2 is 1.73 bits per heavy atom. The second kappa shape index (κ2) is 10.3. The van der Waals surface area contributed by atoms with Crippen LogP contribution in [0.5, 0.6) is 0 Å². The normalized spacial score (nSPS) is 10.4. The third-order valence-corrected chi connectivity index (χ3v) is 4.94. The van der Waals surface area contributed by atoms with Gasteiger partial charge in [0.1, 0.15) is 0 Å². The van der Waals surface area contributed by atoms with Crippen LogP contribution in [0.25, 0.3) is 0 Å². The largest absolute Gasteiger partial charge is 0.456 e. The molecule has 1 aromatic heterocycles. The molecule has 2 aromatic rings. The number of rotatable bonds is 9. The molecule has 138 valence electrons. The highest BCUT2D eigenvalue weighted by atomic mass is 35.5. The van der Waals surface area contributed by atoms with Gasteiger partial charge in [0.05, 0.1) is 15.6 Å². The molecule has 1 amide bonds. The van der Waals surface area contributed by atoms with E-state index in [-0.39, 0.29) is 31.1 Å². The Morgan fingerprint density at radius 1 is 1.00 bits per heavy atom. The SMILES string of the molecule is O=C(COC(=O)CCC(=O)c1ccc(Cl)s1)NCCc1ccc(Cl)cc1. The van der Waals surface area contributed by atoms with Crippen molar-refractivity contribution in [3.8, 4) is 0 Å². The van der Waals surface area contributed by atoms with Gasteiger partial charge in [-0.1, -0.05) is 35.3 Å². The predicted molar refractivity (Wildman–Crippen MR) is 102 cm³/mol. The maximum atomic E-state index is 11.9. The maximum Gasteiger partial charge on any atom is 0.306 e. The molecule has 1 heterocycles. The van der Waals surface area contributed by atoms with Crippen LogP contribution in [-0.2, 0) is 20.7 Å². The molecule has 8 heteroatoms. The van der Waals surface area contributed by atoms with Crippen molar-refractivity contribution < 1.29 is 19.1 Å². The van der Waals surface area contributed by atoms with E-state index in [1.807, 2.05) is 12.1 Å². The van der Waals surface area contributed by atoms with E-state index in [0.717, 1.165) is 5.56 Å². The first-order chi connectivity index (χ1) is 12.4. The number of amides is 1. The number of halogens is 2. The zero-order valence-electron chi connectivity index (χ0n) is 13.8. The molecule has 2 rings (SSSR count). The number of ether oxygens (including phenoxy) is 1. The molecule has 1 N–H and O–H groups in total. The van der Waals surface area contributed by atoms with Crippen LogP contribution in [0.15, 0.2) is 36.4 Å². The molecule has 0 aliphatic rings. The number of carbonyl (C=O) groups excluding carboxylic acids is 3. The van der Waals surface area contributed by atoms with Gasteiger partial charge in [0.25, 0.3) is 5.91 Å². The summed E-state index contributed by atoms with van der Waals surface area (Å²) < 4.78 is 5.39. The fourth-order valence-corrected chi connectivity index (χ4v) is 3.21. The van der Waals surface area contributed by atoms with Crippen LogP contribution in [0, 0.1) is 0 Å². The van der Waals surface area contributed by atoms with Crippen LogP contribution in [0.3, 0.4) is 0 Å². The summed E-state index contributed by atoms with van der Waals surface area (Å²) in [4.78, 5) is 35.6. The van der Waals surface area contributed by atoms with Crippen LogP contribution in [0.4, 0.5) is 0 Å². The van der Waals surface area contributed by atoms with Crippen LogP contribution in [0.2, 0.25) is 9.36 Å². The molecule has 0 saturated carbocycles. The van der Waals surface area contributed by atoms with Crippen molar-refractivity contribution in [1.29, 1.82) is 0 Å². The standard InChI is InChI=1S/C18H17Cl2NO4S/c19-13-3-1-12(2-4-13)9-10-21-17(23)11-25-18(24)8-5-14(22)15-6-7-16(20)26-15/h1-4,6-7H,5,8-11H2,(H,21,23). The number of esters is 1. The molecule has 26 heavy (non-hydrogen) atoms. The summed E-state index contributed by atoms with van der Waals surface area (Å²) in [6.45, 7) is 0.0636. The number of nitrogens with one attached hydrogen (secondary N) is 1. The van der Waals surface area contributed by atoms with E-state index in [1.54, 1.807) is 24.3 Å². The lowest BCUT2D eigenvalue weighted by Gasteiger charge is -2.07. The molecule has 0 atom stereocenters. The Labute approximate surface area is 165 Å². The van der Waals surface area contributed by atoms with Gasteiger partial charge >= 0.3 is 5.97 Å². The van der Waals surface area contributed by atoms with Gasteiger partial charge in [0.2, 0.25) is 0 Å². The Balaban J connectivity index is 1.60. The summed E-state index contributed by atoms with van der Waals surface area (Å²) in [5.74, 6) is -1.15. The summed E-state index contributed by atoms with van der Waals surface area (Å²) in [5, 5.41) is 3.32. The average Bonchev–Trinajstić information content (AvgIpc) is 3.06. The van der Waals surface area contributed by atoms with Gasteiger partial charge in [-0.25, -0.2) is 0 Å². The van der Waals surface area contributed by atoms with E-state index in [4.69, 9.17) is 27.9 Å². The fraction of sp³-hybridized carbons (Fsp3) is 0.278. The first-order valence-electron chi connectivity index (χ1n) is 7.89. The summed E-state index contributed by atoms with van der Waals surface area (Å²) >= 11 is 12.7. The minimum Gasteiger partial charge on any atom is -0.456 e. The quantitative estimate of drug-likeness (QED) is 0.499. The predicted octanol–water partition coefficient (Wildman–Crippen LogP) is 3.92. The number of hydrogen-bond acceptors (Lipinski definition) is 5. The zero-order chi connectivity index (χ0) is 18.9. The van der Waals surface area contributed by atoms with Crippen LogP contribution < -0.4 is 5.32 Å². The molecule has 5 nitrogen and oxygen atoms in total. The Kier molecular flexibility index (Phi) is 8.09. The van der Waals surface area contributed by atoms with Crippen molar-refractivity contribution in [3.63, 3.8) is 0 Å². The van der Waals surface area contributed by atoms with E-state index in [1.165, 1.54) is 11.3 Å². The van der Waals surface area contributed by atoms with Crippen molar-refractivity contribution >= 4 is 52.2 Å². The summed E-state index contributed by atoms with van der Waals surface area (Å²) in [7, 11) is 0. The summed E-state index contributed by atoms with van der Waals surface area (Å²) in [6.07, 6.45) is 0.592. The van der Waals surface area contributed by atoms with E-state index in [0.29, 0.717) is 27.2 Å². The Morgan fingerprint density at radius 3 is 2.38 bits per heavy atom. The van der Waals surface area contributed by atoms with Crippen molar-refractivity contribution in [3.05, 3.63) is 56.2 Å². The van der Waals surface area contributed by atoms with Gasteiger partial charge in [-0.15, -0.1) is 11.3 Å². The summed E-state index contributed by atoms with van der Waals surface area (Å²) in [6, 6.07) is 10.6. The van der Waals surface area contributed by atoms with Gasteiger partial charge in [-0.05, 0) is 36.2 Å². The van der Waals surface area contributed by atoms with Gasteiger partial charge in [0, 0.05) is 18.0 Å². The minimum absolute atomic E-state index is 0.0217. The topological polar surface area (TPSA) is 72.5 Å². The highest BCUT2D eigenvalue weighted by Gasteiger charge is 2.13. The molecule has 0 aliphatic carbocycles. The second-order valence-corrected chi connectivity index (χ2v) is 7.57. The van der Waals surface area contributed by atoms with Gasteiger partial charge < -0.3 is 10.1 Å². The molecule has 0 fully saturated rings. The lowest BCUT2D eigenvalue weighted by Crippen LogP contribution is -2.30. The molecule has 0 aliphatic heterocycles. The molecule has 0 radical (unpaired) electrons. The number of hydrogen-bond donors (Lipinski definition) is 1.